The van der Waals surface area contributed by atoms with Gasteiger partial charge in [0, 0.05) is 17.1 Å². The van der Waals surface area contributed by atoms with Crippen molar-refractivity contribution in [2.45, 2.75) is 31.6 Å². The van der Waals surface area contributed by atoms with E-state index in [0.717, 1.165) is 11.1 Å². The van der Waals surface area contributed by atoms with Gasteiger partial charge in [0.15, 0.2) is 0 Å². The summed E-state index contributed by atoms with van der Waals surface area (Å²) in [4.78, 5) is 14.4. The second-order valence-electron chi connectivity index (χ2n) is 6.52. The highest BCUT2D eigenvalue weighted by Crippen LogP contribution is 2.44. The molecule has 1 aliphatic heterocycles. The van der Waals surface area contributed by atoms with Crippen molar-refractivity contribution >= 4 is 29.1 Å². The molecule has 1 heterocycles. The smallest absolute Gasteiger partial charge is 0.254 e. The first kappa shape index (κ1) is 17.3. The van der Waals surface area contributed by atoms with E-state index in [1.165, 1.54) is 0 Å². The number of halogens is 2. The van der Waals surface area contributed by atoms with Crippen molar-refractivity contribution in [3.63, 3.8) is 0 Å². The van der Waals surface area contributed by atoms with Crippen LogP contribution in [0.15, 0.2) is 48.5 Å². The van der Waals surface area contributed by atoms with Crippen molar-refractivity contribution < 1.29 is 9.53 Å². The maximum Gasteiger partial charge on any atom is 0.254 e. The van der Waals surface area contributed by atoms with Crippen LogP contribution in [0, 0.1) is 0 Å². The van der Waals surface area contributed by atoms with E-state index in [9.17, 15) is 4.79 Å². The Bertz CT molecular complexity index is 758. The lowest BCUT2D eigenvalue weighted by Crippen LogP contribution is -2.54. The van der Waals surface area contributed by atoms with Gasteiger partial charge < -0.3 is 9.64 Å². The summed E-state index contributed by atoms with van der Waals surface area (Å²) in [5.41, 5.74) is 1.01. The summed E-state index contributed by atoms with van der Waals surface area (Å²) < 4.78 is 6.21. The van der Waals surface area contributed by atoms with Gasteiger partial charge in [0.05, 0.1) is 6.04 Å². The van der Waals surface area contributed by atoms with Gasteiger partial charge >= 0.3 is 0 Å². The molecule has 0 spiro atoms. The Kier molecular flexibility index (Phi) is 4.60. The molecule has 24 heavy (non-hydrogen) atoms. The molecule has 3 rings (SSSR count). The van der Waals surface area contributed by atoms with Crippen LogP contribution in [0.1, 0.15) is 37.1 Å². The molecule has 126 valence electrons. The molecule has 0 aliphatic carbocycles. The monoisotopic (exact) mass is 363 g/mol. The minimum absolute atomic E-state index is 0.0549. The summed E-state index contributed by atoms with van der Waals surface area (Å²) in [6, 6.07) is 14.8. The van der Waals surface area contributed by atoms with E-state index in [0.29, 0.717) is 10.0 Å². The number of rotatable bonds is 2. The zero-order valence-corrected chi connectivity index (χ0v) is 15.3. The SMILES string of the molecule is CN1C(=O)C(C)(C)O[C@H](c2cccc(Cl)c2)[C@H]1c1ccc(Cl)cc1. The second kappa shape index (κ2) is 6.40. The second-order valence-corrected chi connectivity index (χ2v) is 7.39. The maximum absolute atomic E-state index is 12.7. The summed E-state index contributed by atoms with van der Waals surface area (Å²) >= 11 is 12.2. The summed E-state index contributed by atoms with van der Waals surface area (Å²) in [5, 5.41) is 1.30. The quantitative estimate of drug-likeness (QED) is 0.747. The van der Waals surface area contributed by atoms with Gasteiger partial charge in [0.2, 0.25) is 0 Å². The minimum atomic E-state index is -0.898. The first-order valence-corrected chi connectivity index (χ1v) is 8.51. The van der Waals surface area contributed by atoms with Crippen LogP contribution >= 0.6 is 23.2 Å². The lowest BCUT2D eigenvalue weighted by molar-refractivity contribution is -0.190. The molecule has 2 atom stereocenters. The van der Waals surface area contributed by atoms with Crippen molar-refractivity contribution in [2.75, 3.05) is 7.05 Å². The van der Waals surface area contributed by atoms with Gasteiger partial charge in [-0.2, -0.15) is 0 Å². The van der Waals surface area contributed by atoms with Crippen LogP contribution in [0.25, 0.3) is 0 Å². The number of hydrogen-bond acceptors (Lipinski definition) is 2. The zero-order chi connectivity index (χ0) is 17.5. The molecular weight excluding hydrogens is 345 g/mol. The standard InChI is InChI=1S/C19H19Cl2NO2/c1-19(2)18(23)22(3)16(12-7-9-14(20)10-8-12)17(24-19)13-5-4-6-15(21)11-13/h4-11,16-17H,1-3H3/t16-,17-/m1/s1. The zero-order valence-electron chi connectivity index (χ0n) is 13.8. The van der Waals surface area contributed by atoms with Crippen LogP contribution in [-0.2, 0) is 9.53 Å². The molecule has 1 aliphatic rings. The van der Waals surface area contributed by atoms with Crippen molar-refractivity contribution in [1.82, 2.24) is 4.90 Å². The van der Waals surface area contributed by atoms with Crippen LogP contribution in [0.3, 0.4) is 0 Å². The number of benzene rings is 2. The van der Waals surface area contributed by atoms with Crippen LogP contribution in [0.5, 0.6) is 0 Å². The van der Waals surface area contributed by atoms with Gasteiger partial charge in [-0.05, 0) is 49.2 Å². The molecule has 0 bridgehead atoms. The van der Waals surface area contributed by atoms with E-state index >= 15 is 0 Å². The van der Waals surface area contributed by atoms with Crippen LogP contribution < -0.4 is 0 Å². The summed E-state index contributed by atoms with van der Waals surface area (Å²) in [5.74, 6) is -0.0549. The third-order valence-electron chi connectivity index (χ3n) is 4.35. The number of carbonyl (C=O) groups is 1. The topological polar surface area (TPSA) is 29.5 Å². The molecule has 1 fully saturated rings. The first-order valence-electron chi connectivity index (χ1n) is 7.75. The molecule has 0 radical (unpaired) electrons. The molecule has 3 nitrogen and oxygen atoms in total. The highest BCUT2D eigenvalue weighted by Gasteiger charge is 2.46. The molecule has 2 aromatic rings. The molecule has 0 N–H and O–H groups in total. The highest BCUT2D eigenvalue weighted by molar-refractivity contribution is 6.30. The molecular formula is C19H19Cl2NO2. The molecule has 2 aromatic carbocycles. The predicted octanol–water partition coefficient (Wildman–Crippen LogP) is 5.04. The molecule has 0 aromatic heterocycles. The summed E-state index contributed by atoms with van der Waals surface area (Å²) in [7, 11) is 1.81. The number of ether oxygens (including phenoxy) is 1. The third kappa shape index (κ3) is 3.16. The Morgan fingerprint density at radius 1 is 1.00 bits per heavy atom. The number of hydrogen-bond donors (Lipinski definition) is 0. The fourth-order valence-electron chi connectivity index (χ4n) is 3.18. The Balaban J connectivity index is 2.10. The van der Waals surface area contributed by atoms with Gasteiger partial charge in [0.1, 0.15) is 11.7 Å². The van der Waals surface area contributed by atoms with Crippen molar-refractivity contribution in [3.8, 4) is 0 Å². The Morgan fingerprint density at radius 3 is 2.29 bits per heavy atom. The lowest BCUT2D eigenvalue weighted by atomic mass is 9.89. The Hall–Kier alpha value is -1.55. The summed E-state index contributed by atoms with van der Waals surface area (Å²) in [6.07, 6.45) is -0.317. The van der Waals surface area contributed by atoms with Crippen LogP contribution in [-0.4, -0.2) is 23.5 Å². The van der Waals surface area contributed by atoms with E-state index in [4.69, 9.17) is 27.9 Å². The van der Waals surface area contributed by atoms with E-state index in [1.807, 2.05) is 55.6 Å². The van der Waals surface area contributed by atoms with Crippen molar-refractivity contribution in [1.29, 1.82) is 0 Å². The van der Waals surface area contributed by atoms with Crippen LogP contribution in [0.2, 0.25) is 10.0 Å². The predicted molar refractivity (Wildman–Crippen MR) is 96.3 cm³/mol. The maximum atomic E-state index is 12.7. The number of carbonyl (C=O) groups excluding carboxylic acids is 1. The van der Waals surface area contributed by atoms with E-state index in [-0.39, 0.29) is 18.1 Å². The Labute approximate surface area is 152 Å². The Morgan fingerprint density at radius 2 is 1.67 bits per heavy atom. The van der Waals surface area contributed by atoms with Crippen molar-refractivity contribution in [3.05, 3.63) is 69.7 Å². The number of nitrogens with zero attached hydrogens (tertiary/aromatic N) is 1. The average molecular weight is 364 g/mol. The fourth-order valence-corrected chi connectivity index (χ4v) is 3.50. The third-order valence-corrected chi connectivity index (χ3v) is 4.84. The van der Waals surface area contributed by atoms with E-state index in [1.54, 1.807) is 18.7 Å². The van der Waals surface area contributed by atoms with Gasteiger partial charge in [-0.25, -0.2) is 0 Å². The first-order chi connectivity index (χ1) is 11.3. The number of amides is 1. The molecule has 1 amide bonds. The number of morpholine rings is 1. The minimum Gasteiger partial charge on any atom is -0.355 e. The molecule has 0 unspecified atom stereocenters. The summed E-state index contributed by atoms with van der Waals surface area (Å²) in [6.45, 7) is 3.59. The largest absolute Gasteiger partial charge is 0.355 e. The van der Waals surface area contributed by atoms with E-state index in [2.05, 4.69) is 0 Å². The van der Waals surface area contributed by atoms with E-state index < -0.39 is 5.60 Å². The molecule has 0 saturated carbocycles. The van der Waals surface area contributed by atoms with Gasteiger partial charge in [-0.3, -0.25) is 4.79 Å². The van der Waals surface area contributed by atoms with Gasteiger partial charge in [-0.1, -0.05) is 47.5 Å². The lowest BCUT2D eigenvalue weighted by Gasteiger charge is -2.46. The van der Waals surface area contributed by atoms with Crippen molar-refractivity contribution in [2.24, 2.45) is 0 Å². The van der Waals surface area contributed by atoms with Gasteiger partial charge in [-0.15, -0.1) is 0 Å². The fraction of sp³-hybridized carbons (Fsp3) is 0.316. The average Bonchev–Trinajstić information content (AvgIpc) is 2.54. The van der Waals surface area contributed by atoms with Gasteiger partial charge in [0.25, 0.3) is 5.91 Å². The van der Waals surface area contributed by atoms with Crippen LogP contribution in [0.4, 0.5) is 0 Å². The molecule has 1 saturated heterocycles. The number of likely N-dealkylation sites (N-methyl/N-ethyl adjacent to an activating group) is 1. The normalized spacial score (nSPS) is 23.4. The molecule has 5 heteroatoms. The highest BCUT2D eigenvalue weighted by atomic mass is 35.5.